The molecule has 2 saturated heterocycles. The third-order valence-electron chi connectivity index (χ3n) is 7.88. The number of aromatic amines is 1. The second-order valence-corrected chi connectivity index (χ2v) is 10.2. The Balaban J connectivity index is 0.00000337. The smallest absolute Gasteiger partial charge is 0.270 e. The molecule has 0 spiro atoms. The molecule has 0 aliphatic carbocycles. The first-order valence-corrected chi connectivity index (χ1v) is 13.9. The van der Waals surface area contributed by atoms with Crippen LogP contribution in [0.3, 0.4) is 0 Å². The molecule has 2 aromatic heterocycles. The summed E-state index contributed by atoms with van der Waals surface area (Å²) in [6, 6.07) is 17.4. The molecule has 210 valence electrons. The van der Waals surface area contributed by atoms with Gasteiger partial charge in [-0.25, -0.2) is 9.37 Å². The van der Waals surface area contributed by atoms with Gasteiger partial charge in [0.2, 0.25) is 0 Å². The number of benzene rings is 2. The molecule has 1 amide bonds. The van der Waals surface area contributed by atoms with Gasteiger partial charge in [-0.3, -0.25) is 4.79 Å². The van der Waals surface area contributed by atoms with Crippen molar-refractivity contribution in [1.29, 1.82) is 0 Å². The zero-order valence-electron chi connectivity index (χ0n) is 23.0. The number of hydrogen-bond acceptors (Lipinski definition) is 6. The average Bonchev–Trinajstić information content (AvgIpc) is 3.48. The zero-order valence-corrected chi connectivity index (χ0v) is 23.0. The van der Waals surface area contributed by atoms with Crippen LogP contribution in [0.5, 0.6) is 5.75 Å². The lowest BCUT2D eigenvalue weighted by molar-refractivity contribution is 0.0741. The van der Waals surface area contributed by atoms with Gasteiger partial charge in [0.25, 0.3) is 5.91 Å². The topological polar surface area (TPSA) is 73.9 Å². The molecule has 2 fully saturated rings. The van der Waals surface area contributed by atoms with E-state index in [1.807, 2.05) is 60.4 Å². The predicted octanol–water partition coefficient (Wildman–Crippen LogP) is 4.99. The number of aromatic nitrogens is 2. The summed E-state index contributed by atoms with van der Waals surface area (Å²) in [5, 5.41) is 0.672. The molecule has 4 heterocycles. The number of piperazine rings is 1. The van der Waals surface area contributed by atoms with Gasteiger partial charge < -0.3 is 29.2 Å². The second-order valence-electron chi connectivity index (χ2n) is 10.2. The van der Waals surface area contributed by atoms with E-state index < -0.39 is 0 Å². The van der Waals surface area contributed by atoms with E-state index in [2.05, 4.69) is 14.8 Å². The summed E-state index contributed by atoms with van der Waals surface area (Å²) in [7, 11) is 1.63. The number of morpholine rings is 1. The first kappa shape index (κ1) is 26.1. The van der Waals surface area contributed by atoms with Crippen molar-refractivity contribution < 1.29 is 20.1 Å². The van der Waals surface area contributed by atoms with Crippen molar-refractivity contribution >= 4 is 28.4 Å². The molecule has 4 aromatic rings. The molecule has 0 radical (unpaired) electrons. The van der Waals surface area contributed by atoms with Gasteiger partial charge in [-0.05, 0) is 47.9 Å². The largest absolute Gasteiger partial charge is 0.496 e. The summed E-state index contributed by atoms with van der Waals surface area (Å²) in [4.78, 5) is 27.9. The molecule has 2 aliphatic rings. The average molecular weight is 546 g/mol. The predicted molar refractivity (Wildman–Crippen MR) is 157 cm³/mol. The van der Waals surface area contributed by atoms with Crippen LogP contribution < -0.4 is 14.5 Å². The highest BCUT2D eigenvalue weighted by Gasteiger charge is 2.26. The minimum Gasteiger partial charge on any atom is -0.496 e. The molecule has 0 saturated carbocycles. The van der Waals surface area contributed by atoms with Gasteiger partial charge in [0.05, 0.1) is 25.8 Å². The number of ether oxygens (including phenoxy) is 2. The van der Waals surface area contributed by atoms with E-state index >= 15 is 4.39 Å². The van der Waals surface area contributed by atoms with E-state index in [0.29, 0.717) is 73.7 Å². The van der Waals surface area contributed by atoms with Gasteiger partial charge >= 0.3 is 0 Å². The van der Waals surface area contributed by atoms with E-state index in [1.165, 1.54) is 0 Å². The van der Waals surface area contributed by atoms with Crippen molar-refractivity contribution in [2.45, 2.75) is 13.3 Å². The summed E-state index contributed by atoms with van der Waals surface area (Å²) in [5.74, 6) is 2.13. The molecule has 0 unspecified atom stereocenters. The monoisotopic (exact) mass is 545 g/mol. The Morgan fingerprint density at radius 1 is 0.975 bits per heavy atom. The molecule has 0 atom stereocenters. The maximum Gasteiger partial charge on any atom is 0.270 e. The van der Waals surface area contributed by atoms with Crippen LogP contribution in [0.2, 0.25) is 0 Å². The number of fused-ring (bicyclic) bond motifs is 1. The Bertz CT molecular complexity index is 1530. The number of pyridine rings is 1. The van der Waals surface area contributed by atoms with E-state index in [1.54, 1.807) is 13.2 Å². The molecule has 2 aliphatic heterocycles. The van der Waals surface area contributed by atoms with Crippen LogP contribution in [0.15, 0.2) is 54.6 Å². The number of carbonyl (C=O) groups is 1. The first-order chi connectivity index (χ1) is 19.6. The number of nitrogens with one attached hydrogen (secondary N) is 1. The lowest BCUT2D eigenvalue weighted by Crippen LogP contribution is -2.49. The third kappa shape index (κ3) is 4.86. The van der Waals surface area contributed by atoms with Gasteiger partial charge in [0.1, 0.15) is 28.9 Å². The van der Waals surface area contributed by atoms with Crippen LogP contribution >= 0.6 is 0 Å². The number of carbonyl (C=O) groups excluding carboxylic acids is 1. The Kier molecular flexibility index (Phi) is 7.30. The molecule has 9 heteroatoms. The molecule has 40 heavy (non-hydrogen) atoms. The fourth-order valence-corrected chi connectivity index (χ4v) is 5.64. The zero-order chi connectivity index (χ0) is 27.6. The SMILES string of the molecule is CCc1cc(-c2ccccc2OC)c2cc(C(=O)N3CCN(c4cccc(N5CCOCC5)n4)CC3)[nH]c2c1F.[HH]. The number of amides is 1. The Morgan fingerprint density at radius 3 is 2.38 bits per heavy atom. The number of anilines is 2. The van der Waals surface area contributed by atoms with Crippen molar-refractivity contribution in [3.05, 3.63) is 71.7 Å². The quantitative estimate of drug-likeness (QED) is 0.368. The van der Waals surface area contributed by atoms with Gasteiger partial charge in [-0.2, -0.15) is 0 Å². The van der Waals surface area contributed by atoms with Gasteiger partial charge in [0.15, 0.2) is 0 Å². The Hall–Kier alpha value is -4.11. The summed E-state index contributed by atoms with van der Waals surface area (Å²) < 4.78 is 26.5. The lowest BCUT2D eigenvalue weighted by atomic mass is 9.96. The molecule has 2 aromatic carbocycles. The number of aryl methyl sites for hydroxylation is 1. The summed E-state index contributed by atoms with van der Waals surface area (Å²) in [6.45, 7) is 7.48. The summed E-state index contributed by atoms with van der Waals surface area (Å²) in [6.07, 6.45) is 0.537. The maximum atomic E-state index is 15.5. The molecular weight excluding hydrogens is 509 g/mol. The molecular formula is C31H36FN5O3. The van der Waals surface area contributed by atoms with E-state index in [-0.39, 0.29) is 13.2 Å². The number of rotatable bonds is 6. The number of halogens is 1. The van der Waals surface area contributed by atoms with Crippen LogP contribution in [0.25, 0.3) is 22.0 Å². The molecule has 0 bridgehead atoms. The first-order valence-electron chi connectivity index (χ1n) is 13.9. The Morgan fingerprint density at radius 2 is 1.68 bits per heavy atom. The number of nitrogens with zero attached hydrogens (tertiary/aromatic N) is 4. The Labute approximate surface area is 234 Å². The van der Waals surface area contributed by atoms with Gasteiger partial charge in [-0.1, -0.05) is 31.2 Å². The standard InChI is InChI=1S/C31H34FN5O3.H2/c1-3-21-19-23(22-7-4-5-8-26(22)39-2)24-20-25(33-30(24)29(21)32)31(38)37-13-11-35(12-14-37)27-9-6-10-28(34-27)36-15-17-40-18-16-36;/h4-10,19-20,33H,3,11-18H2,1-2H3;1H. The lowest BCUT2D eigenvalue weighted by Gasteiger charge is -2.36. The normalized spacial score (nSPS) is 16.0. The van der Waals surface area contributed by atoms with Crippen LogP contribution in [-0.4, -0.2) is 80.4 Å². The number of methoxy groups -OCH3 is 1. The van der Waals surface area contributed by atoms with Crippen LogP contribution in [0, 0.1) is 5.82 Å². The molecule has 1 N–H and O–H groups in total. The fourth-order valence-electron chi connectivity index (χ4n) is 5.64. The van der Waals surface area contributed by atoms with Gasteiger partial charge in [0, 0.05) is 51.6 Å². The van der Waals surface area contributed by atoms with Crippen molar-refractivity contribution in [3.8, 4) is 16.9 Å². The highest BCUT2D eigenvalue weighted by atomic mass is 19.1. The summed E-state index contributed by atoms with van der Waals surface area (Å²) >= 11 is 0. The van der Waals surface area contributed by atoms with E-state index in [0.717, 1.165) is 35.9 Å². The minimum atomic E-state index is -0.314. The number of hydrogen-bond donors (Lipinski definition) is 1. The fraction of sp³-hybridized carbons (Fsp3) is 0.355. The highest BCUT2D eigenvalue weighted by molar-refractivity contribution is 6.04. The maximum absolute atomic E-state index is 15.5. The molecule has 8 nitrogen and oxygen atoms in total. The van der Waals surface area contributed by atoms with Crippen molar-refractivity contribution in [2.24, 2.45) is 0 Å². The van der Waals surface area contributed by atoms with Crippen molar-refractivity contribution in [1.82, 2.24) is 14.9 Å². The van der Waals surface area contributed by atoms with Crippen LogP contribution in [-0.2, 0) is 11.2 Å². The third-order valence-corrected chi connectivity index (χ3v) is 7.88. The highest BCUT2D eigenvalue weighted by Crippen LogP contribution is 2.38. The number of H-pyrrole nitrogens is 1. The molecule has 6 rings (SSSR count). The van der Waals surface area contributed by atoms with Crippen molar-refractivity contribution in [2.75, 3.05) is 69.4 Å². The van der Waals surface area contributed by atoms with Crippen LogP contribution in [0.4, 0.5) is 16.0 Å². The summed E-state index contributed by atoms with van der Waals surface area (Å²) in [5.41, 5.74) is 3.04. The van der Waals surface area contributed by atoms with E-state index in [4.69, 9.17) is 14.5 Å². The van der Waals surface area contributed by atoms with Crippen LogP contribution in [0.1, 0.15) is 24.4 Å². The van der Waals surface area contributed by atoms with Crippen molar-refractivity contribution in [3.63, 3.8) is 0 Å². The second kappa shape index (κ2) is 11.2. The van der Waals surface area contributed by atoms with Gasteiger partial charge in [-0.15, -0.1) is 0 Å². The number of para-hydroxylation sites is 1. The minimum absolute atomic E-state index is 0. The van der Waals surface area contributed by atoms with E-state index in [9.17, 15) is 4.79 Å².